The first-order chi connectivity index (χ1) is 8.72. The maximum absolute atomic E-state index is 6.02. The van der Waals surface area contributed by atoms with Gasteiger partial charge in [0.05, 0.1) is 6.04 Å². The summed E-state index contributed by atoms with van der Waals surface area (Å²) in [6.45, 7) is 3.12. The van der Waals surface area contributed by atoms with Crippen molar-refractivity contribution in [1.29, 1.82) is 0 Å². The first-order valence-corrected chi connectivity index (χ1v) is 7.76. The molecule has 98 valence electrons. The lowest BCUT2D eigenvalue weighted by Crippen LogP contribution is -2.24. The lowest BCUT2D eigenvalue weighted by atomic mass is 9.90. The second-order valence-electron chi connectivity index (χ2n) is 4.68. The molecule has 2 rings (SSSR count). The van der Waals surface area contributed by atoms with Crippen LogP contribution in [-0.2, 0) is 0 Å². The van der Waals surface area contributed by atoms with E-state index in [0.29, 0.717) is 6.04 Å². The van der Waals surface area contributed by atoms with Crippen LogP contribution < -0.4 is 5.32 Å². The summed E-state index contributed by atoms with van der Waals surface area (Å²) in [4.78, 5) is 0. The second kappa shape index (κ2) is 6.74. The van der Waals surface area contributed by atoms with Gasteiger partial charge in [0.15, 0.2) is 0 Å². The zero-order valence-corrected chi connectivity index (χ0v) is 13.0. The Kier molecular flexibility index (Phi) is 5.28. The Morgan fingerprint density at radius 3 is 2.83 bits per heavy atom. The number of halogens is 2. The van der Waals surface area contributed by atoms with Crippen molar-refractivity contribution in [1.82, 2.24) is 5.32 Å². The Balaban J connectivity index is 2.31. The summed E-state index contributed by atoms with van der Waals surface area (Å²) in [5.41, 5.74) is 2.81. The van der Waals surface area contributed by atoms with Crippen LogP contribution in [0.3, 0.4) is 0 Å². The molecule has 0 aliphatic heterocycles. The smallest absolute Gasteiger partial charge is 0.0547 e. The Morgan fingerprint density at radius 1 is 1.39 bits per heavy atom. The van der Waals surface area contributed by atoms with E-state index in [1.807, 2.05) is 12.1 Å². The van der Waals surface area contributed by atoms with Crippen LogP contribution in [0.1, 0.15) is 44.2 Å². The molecule has 1 nitrogen and oxygen atoms in total. The van der Waals surface area contributed by atoms with E-state index >= 15 is 0 Å². The molecular weight excluding hydrogens is 310 g/mol. The number of hydrogen-bond acceptors (Lipinski definition) is 1. The van der Waals surface area contributed by atoms with Gasteiger partial charge in [0, 0.05) is 9.50 Å². The molecule has 0 radical (unpaired) electrons. The van der Waals surface area contributed by atoms with E-state index in [0.717, 1.165) is 16.0 Å². The van der Waals surface area contributed by atoms with Gasteiger partial charge < -0.3 is 5.32 Å². The number of likely N-dealkylation sites (N-methyl/N-ethyl adjacent to an activating group) is 1. The Hall–Kier alpha value is -0.310. The predicted octanol–water partition coefficient (Wildman–Crippen LogP) is 5.25. The Labute approximate surface area is 123 Å². The summed E-state index contributed by atoms with van der Waals surface area (Å²) in [5, 5.41) is 4.36. The second-order valence-corrected chi connectivity index (χ2v) is 5.97. The molecule has 0 spiro atoms. The van der Waals surface area contributed by atoms with Gasteiger partial charge in [0.1, 0.15) is 0 Å². The minimum absolute atomic E-state index is 0.321. The first kappa shape index (κ1) is 14.1. The lowest BCUT2D eigenvalue weighted by molar-refractivity contribution is 0.562. The molecular formula is C15H19BrClN. The molecule has 1 atom stereocenters. The Bertz CT molecular complexity index is 442. The summed E-state index contributed by atoms with van der Waals surface area (Å²) in [6.07, 6.45) is 7.44. The van der Waals surface area contributed by atoms with Gasteiger partial charge in [0.2, 0.25) is 0 Å². The monoisotopic (exact) mass is 327 g/mol. The van der Waals surface area contributed by atoms with E-state index < -0.39 is 0 Å². The molecule has 0 heterocycles. The highest BCUT2D eigenvalue weighted by atomic mass is 79.9. The molecule has 1 aliphatic rings. The van der Waals surface area contributed by atoms with Crippen molar-refractivity contribution in [2.45, 2.75) is 38.6 Å². The van der Waals surface area contributed by atoms with Crippen LogP contribution in [0.25, 0.3) is 0 Å². The summed E-state index contributed by atoms with van der Waals surface area (Å²) in [6, 6.07) is 6.39. The molecule has 0 bridgehead atoms. The van der Waals surface area contributed by atoms with Crippen molar-refractivity contribution in [3.05, 3.63) is 44.9 Å². The fourth-order valence-electron chi connectivity index (χ4n) is 2.51. The standard InChI is InChI=1S/C15H19BrClN/c1-2-18-15(11-6-4-3-5-7-11)13-9-8-12(17)10-14(13)16/h6,8-10,15,18H,2-5,7H2,1H3. The third-order valence-electron chi connectivity index (χ3n) is 3.38. The van der Waals surface area contributed by atoms with Crippen molar-refractivity contribution >= 4 is 27.5 Å². The van der Waals surface area contributed by atoms with Gasteiger partial charge in [-0.1, -0.05) is 52.2 Å². The topological polar surface area (TPSA) is 12.0 Å². The molecule has 0 aromatic heterocycles. The van der Waals surface area contributed by atoms with Crippen LogP contribution in [0.15, 0.2) is 34.3 Å². The highest BCUT2D eigenvalue weighted by molar-refractivity contribution is 9.10. The molecule has 0 amide bonds. The summed E-state index contributed by atoms with van der Waals surface area (Å²) in [7, 11) is 0. The van der Waals surface area contributed by atoms with Gasteiger partial charge >= 0.3 is 0 Å². The summed E-state index contributed by atoms with van der Waals surface area (Å²) < 4.78 is 1.09. The Morgan fingerprint density at radius 2 is 2.22 bits per heavy atom. The number of benzene rings is 1. The third kappa shape index (κ3) is 3.37. The maximum Gasteiger partial charge on any atom is 0.0547 e. The average Bonchev–Trinajstić information content (AvgIpc) is 2.38. The van der Waals surface area contributed by atoms with E-state index in [2.05, 4.69) is 40.3 Å². The van der Waals surface area contributed by atoms with Crippen molar-refractivity contribution in [2.75, 3.05) is 6.54 Å². The van der Waals surface area contributed by atoms with Gasteiger partial charge in [-0.25, -0.2) is 0 Å². The van der Waals surface area contributed by atoms with Gasteiger partial charge in [-0.05, 0) is 49.9 Å². The van der Waals surface area contributed by atoms with Gasteiger partial charge in [-0.2, -0.15) is 0 Å². The van der Waals surface area contributed by atoms with Crippen LogP contribution in [-0.4, -0.2) is 6.54 Å². The van der Waals surface area contributed by atoms with E-state index in [-0.39, 0.29) is 0 Å². The molecule has 0 saturated carbocycles. The summed E-state index contributed by atoms with van der Waals surface area (Å²) in [5.74, 6) is 0. The molecule has 1 aromatic rings. The molecule has 1 aliphatic carbocycles. The van der Waals surface area contributed by atoms with E-state index in [4.69, 9.17) is 11.6 Å². The van der Waals surface area contributed by atoms with Crippen molar-refractivity contribution < 1.29 is 0 Å². The maximum atomic E-state index is 6.02. The number of allylic oxidation sites excluding steroid dienone is 1. The quantitative estimate of drug-likeness (QED) is 0.744. The average molecular weight is 329 g/mol. The minimum atomic E-state index is 0.321. The van der Waals surface area contributed by atoms with Crippen LogP contribution >= 0.6 is 27.5 Å². The highest BCUT2D eigenvalue weighted by Gasteiger charge is 2.19. The SMILES string of the molecule is CCNC(C1=CCCCC1)c1ccc(Cl)cc1Br. The molecule has 0 saturated heterocycles. The van der Waals surface area contributed by atoms with Crippen LogP contribution in [0.5, 0.6) is 0 Å². The molecule has 3 heteroatoms. The van der Waals surface area contributed by atoms with Crippen LogP contribution in [0, 0.1) is 0 Å². The van der Waals surface area contributed by atoms with Gasteiger partial charge in [0.25, 0.3) is 0 Å². The molecule has 0 fully saturated rings. The van der Waals surface area contributed by atoms with Crippen LogP contribution in [0.4, 0.5) is 0 Å². The molecule has 1 N–H and O–H groups in total. The minimum Gasteiger partial charge on any atom is -0.307 e. The van der Waals surface area contributed by atoms with E-state index in [9.17, 15) is 0 Å². The van der Waals surface area contributed by atoms with Crippen molar-refractivity contribution in [2.24, 2.45) is 0 Å². The number of hydrogen-bond donors (Lipinski definition) is 1. The molecule has 18 heavy (non-hydrogen) atoms. The lowest BCUT2D eigenvalue weighted by Gasteiger charge is -2.25. The normalized spacial score (nSPS) is 17.4. The van der Waals surface area contributed by atoms with Crippen molar-refractivity contribution in [3.8, 4) is 0 Å². The fraction of sp³-hybridized carbons (Fsp3) is 0.467. The fourth-order valence-corrected chi connectivity index (χ4v) is 3.42. The van der Waals surface area contributed by atoms with Crippen molar-refractivity contribution in [3.63, 3.8) is 0 Å². The van der Waals surface area contributed by atoms with E-state index in [1.165, 1.54) is 36.8 Å². The zero-order valence-electron chi connectivity index (χ0n) is 10.7. The predicted molar refractivity (Wildman–Crippen MR) is 82.1 cm³/mol. The van der Waals surface area contributed by atoms with Gasteiger partial charge in [-0.3, -0.25) is 0 Å². The third-order valence-corrected chi connectivity index (χ3v) is 4.30. The zero-order chi connectivity index (χ0) is 13.0. The molecule has 1 unspecified atom stereocenters. The van der Waals surface area contributed by atoms with Gasteiger partial charge in [-0.15, -0.1) is 0 Å². The first-order valence-electron chi connectivity index (χ1n) is 6.59. The largest absolute Gasteiger partial charge is 0.307 e. The van der Waals surface area contributed by atoms with E-state index in [1.54, 1.807) is 0 Å². The highest BCUT2D eigenvalue weighted by Crippen LogP contribution is 2.34. The molecule has 1 aromatic carbocycles. The number of nitrogens with one attached hydrogen (secondary N) is 1. The number of rotatable bonds is 4. The van der Waals surface area contributed by atoms with Crippen LogP contribution in [0.2, 0.25) is 5.02 Å². The summed E-state index contributed by atoms with van der Waals surface area (Å²) >= 11 is 9.65.